The number of aryl methyl sites for hydroxylation is 1. The Bertz CT molecular complexity index is 1080. The summed E-state index contributed by atoms with van der Waals surface area (Å²) >= 11 is 0. The highest BCUT2D eigenvalue weighted by Crippen LogP contribution is 2.35. The first kappa shape index (κ1) is 18.2. The fraction of sp³-hybridized carbons (Fsp3) is 0.118. The number of fused-ring (bicyclic) bond motifs is 1. The predicted octanol–water partition coefficient (Wildman–Crippen LogP) is 3.33. The van der Waals surface area contributed by atoms with Gasteiger partial charge in [0.1, 0.15) is 0 Å². The molecule has 0 saturated carbocycles. The maximum Gasteiger partial charge on any atom is 0.417 e. The molecule has 1 aromatic heterocycles. The van der Waals surface area contributed by atoms with Crippen molar-refractivity contribution in [2.45, 2.75) is 6.18 Å². The third-order valence-electron chi connectivity index (χ3n) is 3.93. The molecule has 0 saturated heterocycles. The topological polar surface area (TPSA) is 103 Å². The van der Waals surface area contributed by atoms with E-state index in [4.69, 9.17) is 10.5 Å². The molecule has 1 amide bonds. The summed E-state index contributed by atoms with van der Waals surface area (Å²) in [6, 6.07) is 9.59. The van der Waals surface area contributed by atoms with Crippen LogP contribution in [0, 0.1) is 11.3 Å². The molecule has 0 atom stereocenters. The number of hydroxylamine groups is 1. The van der Waals surface area contributed by atoms with Gasteiger partial charge in [0, 0.05) is 18.3 Å². The van der Waals surface area contributed by atoms with Crippen LogP contribution in [0.4, 0.5) is 24.8 Å². The summed E-state index contributed by atoms with van der Waals surface area (Å²) in [7, 11) is 1.52. The van der Waals surface area contributed by atoms with Gasteiger partial charge in [0.05, 0.1) is 28.2 Å². The normalized spacial score (nSPS) is 11.3. The number of rotatable bonds is 3. The zero-order valence-corrected chi connectivity index (χ0v) is 13.8. The number of amides is 1. The minimum Gasteiger partial charge on any atom is -0.326 e. The van der Waals surface area contributed by atoms with Crippen molar-refractivity contribution in [3.05, 3.63) is 53.1 Å². The number of halogens is 3. The number of carbonyl (C=O) groups is 1. The number of nitrogens with one attached hydrogen (secondary N) is 2. The second-order valence-corrected chi connectivity index (χ2v) is 5.64. The number of carbonyl (C=O) groups excluding carboxylic acids is 1. The lowest BCUT2D eigenvalue weighted by Gasteiger charge is -2.09. The quantitative estimate of drug-likeness (QED) is 0.481. The van der Waals surface area contributed by atoms with E-state index in [1.165, 1.54) is 29.2 Å². The number of imidazole rings is 1. The van der Waals surface area contributed by atoms with Crippen molar-refractivity contribution in [1.82, 2.24) is 15.0 Å². The fourth-order valence-corrected chi connectivity index (χ4v) is 2.61. The van der Waals surface area contributed by atoms with E-state index in [9.17, 15) is 18.0 Å². The van der Waals surface area contributed by atoms with E-state index >= 15 is 0 Å². The average molecular weight is 375 g/mol. The highest BCUT2D eigenvalue weighted by Gasteiger charge is 2.34. The molecular formula is C17H12F3N5O2. The molecule has 0 aliphatic heterocycles. The molecular weight excluding hydrogens is 363 g/mol. The number of anilines is 2. The molecule has 27 heavy (non-hydrogen) atoms. The van der Waals surface area contributed by atoms with Gasteiger partial charge in [-0.25, -0.2) is 10.5 Å². The van der Waals surface area contributed by atoms with E-state index in [-0.39, 0.29) is 22.5 Å². The van der Waals surface area contributed by atoms with Crippen LogP contribution in [0.5, 0.6) is 0 Å². The summed E-state index contributed by atoms with van der Waals surface area (Å²) in [5.74, 6) is -0.494. The Morgan fingerprint density at radius 3 is 2.67 bits per heavy atom. The van der Waals surface area contributed by atoms with E-state index in [2.05, 4.69) is 10.3 Å². The van der Waals surface area contributed by atoms with E-state index in [1.807, 2.05) is 0 Å². The number of alkyl halides is 3. The number of nitriles is 1. The van der Waals surface area contributed by atoms with Crippen LogP contribution in [-0.4, -0.2) is 20.7 Å². The highest BCUT2D eigenvalue weighted by atomic mass is 19.4. The maximum atomic E-state index is 13.1. The molecule has 138 valence electrons. The zero-order valence-electron chi connectivity index (χ0n) is 13.8. The third-order valence-corrected chi connectivity index (χ3v) is 3.93. The van der Waals surface area contributed by atoms with Gasteiger partial charge in [-0.1, -0.05) is 6.07 Å². The SMILES string of the molecule is Cn1c(Nc2cccc(C(=O)NO)c2)nc2cc(C#N)c(C(F)(F)F)cc21. The maximum absolute atomic E-state index is 13.1. The van der Waals surface area contributed by atoms with Crippen LogP contribution in [0.1, 0.15) is 21.5 Å². The van der Waals surface area contributed by atoms with Gasteiger partial charge in [0.2, 0.25) is 5.95 Å². The summed E-state index contributed by atoms with van der Waals surface area (Å²) in [4.78, 5) is 15.7. The Hall–Kier alpha value is -3.58. The lowest BCUT2D eigenvalue weighted by molar-refractivity contribution is -0.137. The number of nitrogens with zero attached hydrogens (tertiary/aromatic N) is 3. The molecule has 7 nitrogen and oxygen atoms in total. The molecule has 2 aromatic carbocycles. The van der Waals surface area contributed by atoms with Crippen LogP contribution in [0.2, 0.25) is 0 Å². The first-order valence-electron chi connectivity index (χ1n) is 7.54. The standard InChI is InChI=1S/C17H12F3N5O2/c1-25-14-7-12(17(18,19)20)10(8-21)6-13(14)23-16(25)22-11-4-2-3-9(5-11)15(26)24-27/h2-7,27H,1H3,(H,22,23)(H,24,26). The summed E-state index contributed by atoms with van der Waals surface area (Å²) in [5, 5.41) is 20.6. The fourth-order valence-electron chi connectivity index (χ4n) is 2.61. The first-order valence-corrected chi connectivity index (χ1v) is 7.54. The van der Waals surface area contributed by atoms with E-state index < -0.39 is 23.2 Å². The van der Waals surface area contributed by atoms with Crippen molar-refractivity contribution in [3.8, 4) is 6.07 Å². The largest absolute Gasteiger partial charge is 0.417 e. The molecule has 3 aromatic rings. The Morgan fingerprint density at radius 1 is 1.30 bits per heavy atom. The lowest BCUT2D eigenvalue weighted by Crippen LogP contribution is -2.18. The van der Waals surface area contributed by atoms with Crippen LogP contribution in [-0.2, 0) is 13.2 Å². The molecule has 0 radical (unpaired) electrons. The van der Waals surface area contributed by atoms with Gasteiger partial charge >= 0.3 is 6.18 Å². The van der Waals surface area contributed by atoms with Gasteiger partial charge in [-0.2, -0.15) is 18.4 Å². The number of benzene rings is 2. The smallest absolute Gasteiger partial charge is 0.326 e. The second-order valence-electron chi connectivity index (χ2n) is 5.64. The van der Waals surface area contributed by atoms with Crippen LogP contribution >= 0.6 is 0 Å². The van der Waals surface area contributed by atoms with Gasteiger partial charge in [0.15, 0.2) is 0 Å². The predicted molar refractivity (Wildman–Crippen MR) is 89.4 cm³/mol. The molecule has 3 N–H and O–H groups in total. The van der Waals surface area contributed by atoms with E-state index in [0.29, 0.717) is 5.69 Å². The number of aromatic nitrogens is 2. The molecule has 0 aliphatic carbocycles. The summed E-state index contributed by atoms with van der Waals surface area (Å²) in [6.45, 7) is 0. The Labute approximate surface area is 150 Å². The van der Waals surface area contributed by atoms with Gasteiger partial charge < -0.3 is 9.88 Å². The first-order chi connectivity index (χ1) is 12.7. The molecule has 1 heterocycles. The van der Waals surface area contributed by atoms with Crippen LogP contribution in [0.3, 0.4) is 0 Å². The van der Waals surface area contributed by atoms with Gasteiger partial charge in [-0.3, -0.25) is 10.0 Å². The summed E-state index contributed by atoms with van der Waals surface area (Å²) < 4.78 is 40.9. The van der Waals surface area contributed by atoms with Gasteiger partial charge in [-0.15, -0.1) is 0 Å². The van der Waals surface area contributed by atoms with Crippen molar-refractivity contribution < 1.29 is 23.2 Å². The molecule has 0 fully saturated rings. The minimum absolute atomic E-state index is 0.174. The van der Waals surface area contributed by atoms with Crippen molar-refractivity contribution in [2.24, 2.45) is 7.05 Å². The zero-order chi connectivity index (χ0) is 19.8. The van der Waals surface area contributed by atoms with Crippen molar-refractivity contribution in [2.75, 3.05) is 5.32 Å². The molecule has 0 aliphatic rings. The Balaban J connectivity index is 2.05. The van der Waals surface area contributed by atoms with Crippen molar-refractivity contribution >= 4 is 28.6 Å². The van der Waals surface area contributed by atoms with E-state index in [1.54, 1.807) is 18.2 Å². The van der Waals surface area contributed by atoms with Gasteiger partial charge in [-0.05, 0) is 30.3 Å². The second kappa shape index (κ2) is 6.62. The third kappa shape index (κ3) is 3.40. The summed E-state index contributed by atoms with van der Waals surface area (Å²) in [5.41, 5.74) is 0.981. The molecule has 0 unspecified atom stereocenters. The molecule has 3 rings (SSSR count). The van der Waals surface area contributed by atoms with Crippen LogP contribution in [0.15, 0.2) is 36.4 Å². The summed E-state index contributed by atoms with van der Waals surface area (Å²) in [6.07, 6.45) is -4.66. The number of hydrogen-bond acceptors (Lipinski definition) is 5. The molecule has 0 bridgehead atoms. The average Bonchev–Trinajstić information content (AvgIpc) is 2.94. The number of hydrogen-bond donors (Lipinski definition) is 3. The van der Waals surface area contributed by atoms with Crippen molar-refractivity contribution in [1.29, 1.82) is 5.26 Å². The van der Waals surface area contributed by atoms with Crippen LogP contribution in [0.25, 0.3) is 11.0 Å². The monoisotopic (exact) mass is 375 g/mol. The minimum atomic E-state index is -4.66. The van der Waals surface area contributed by atoms with Crippen molar-refractivity contribution in [3.63, 3.8) is 0 Å². The van der Waals surface area contributed by atoms with Gasteiger partial charge in [0.25, 0.3) is 5.91 Å². The Kier molecular flexibility index (Phi) is 4.47. The van der Waals surface area contributed by atoms with E-state index in [0.717, 1.165) is 12.1 Å². The highest BCUT2D eigenvalue weighted by molar-refractivity contribution is 5.94. The molecule has 0 spiro atoms. The molecule has 10 heteroatoms. The lowest BCUT2D eigenvalue weighted by atomic mass is 10.1. The van der Waals surface area contributed by atoms with Crippen LogP contribution < -0.4 is 10.8 Å². The Morgan fingerprint density at radius 2 is 2.04 bits per heavy atom.